The number of rotatable bonds is 4. The van der Waals surface area contributed by atoms with Crippen LogP contribution in [0, 0.1) is 11.7 Å². The molecule has 1 aromatic carbocycles. The van der Waals surface area contributed by atoms with E-state index in [9.17, 15) is 14.0 Å². The Morgan fingerprint density at radius 3 is 2.96 bits per heavy atom. The monoisotopic (exact) mass is 356 g/mol. The summed E-state index contributed by atoms with van der Waals surface area (Å²) in [6.07, 6.45) is 2.96. The maximum atomic E-state index is 13.4. The minimum atomic E-state index is -0.393. The average Bonchev–Trinajstić information content (AvgIpc) is 3.24. The van der Waals surface area contributed by atoms with Gasteiger partial charge in [0.2, 0.25) is 5.91 Å². The van der Waals surface area contributed by atoms with Crippen LogP contribution in [0.2, 0.25) is 0 Å². The third kappa shape index (κ3) is 3.09. The summed E-state index contributed by atoms with van der Waals surface area (Å²) in [7, 11) is 0. The number of amides is 2. The lowest BCUT2D eigenvalue weighted by Crippen LogP contribution is -2.29. The third-order valence-corrected chi connectivity index (χ3v) is 5.22. The number of hydrogen-bond donors (Lipinski definition) is 1. The van der Waals surface area contributed by atoms with E-state index in [2.05, 4.69) is 10.4 Å². The molecule has 0 spiro atoms. The van der Waals surface area contributed by atoms with Gasteiger partial charge < -0.3 is 10.2 Å². The second-order valence-corrected chi connectivity index (χ2v) is 7.08. The molecule has 1 aliphatic carbocycles. The van der Waals surface area contributed by atoms with E-state index in [4.69, 9.17) is 0 Å². The van der Waals surface area contributed by atoms with Gasteiger partial charge in [-0.3, -0.25) is 14.3 Å². The van der Waals surface area contributed by atoms with Crippen LogP contribution < -0.4 is 5.32 Å². The quantitative estimate of drug-likeness (QED) is 0.904. The number of nitrogens with zero attached hydrogens (tertiary/aromatic N) is 3. The summed E-state index contributed by atoms with van der Waals surface area (Å²) in [5, 5.41) is 7.44. The first-order chi connectivity index (χ1) is 12.5. The molecule has 1 fully saturated rings. The van der Waals surface area contributed by atoms with Crippen LogP contribution in [-0.2, 0) is 17.8 Å². The highest BCUT2D eigenvalue weighted by atomic mass is 19.1. The van der Waals surface area contributed by atoms with E-state index in [0.29, 0.717) is 37.7 Å². The van der Waals surface area contributed by atoms with Gasteiger partial charge in [-0.1, -0.05) is 6.07 Å². The van der Waals surface area contributed by atoms with Crippen LogP contribution in [0.1, 0.15) is 34.5 Å². The van der Waals surface area contributed by atoms with Gasteiger partial charge in [-0.25, -0.2) is 4.39 Å². The van der Waals surface area contributed by atoms with Gasteiger partial charge in [0, 0.05) is 44.2 Å². The Hall–Kier alpha value is -2.70. The number of benzene rings is 1. The first kappa shape index (κ1) is 16.8. The first-order valence-electron chi connectivity index (χ1n) is 8.87. The zero-order chi connectivity index (χ0) is 18.3. The maximum absolute atomic E-state index is 13.4. The second kappa shape index (κ2) is 6.55. The Labute approximate surface area is 151 Å². The molecule has 6 nitrogen and oxygen atoms in total. The summed E-state index contributed by atoms with van der Waals surface area (Å²) >= 11 is 0. The molecule has 2 aromatic rings. The molecule has 7 heteroatoms. The van der Waals surface area contributed by atoms with Gasteiger partial charge in [0.05, 0.1) is 12.2 Å². The van der Waals surface area contributed by atoms with Crippen molar-refractivity contribution in [1.29, 1.82) is 0 Å². The summed E-state index contributed by atoms with van der Waals surface area (Å²) in [5.74, 6) is 0.0626. The predicted molar refractivity (Wildman–Crippen MR) is 93.1 cm³/mol. The van der Waals surface area contributed by atoms with Crippen LogP contribution in [0.25, 0.3) is 0 Å². The number of halogens is 1. The molecule has 0 unspecified atom stereocenters. The molecule has 26 heavy (non-hydrogen) atoms. The summed E-state index contributed by atoms with van der Waals surface area (Å²) in [6.45, 7) is 3.98. The third-order valence-electron chi connectivity index (χ3n) is 5.22. The molecule has 2 atom stereocenters. The van der Waals surface area contributed by atoms with E-state index in [1.807, 2.05) is 15.8 Å². The molecule has 0 radical (unpaired) electrons. The lowest BCUT2D eigenvalue weighted by molar-refractivity contribution is -0.118. The molecule has 2 heterocycles. The van der Waals surface area contributed by atoms with Crippen molar-refractivity contribution < 1.29 is 14.0 Å². The predicted octanol–water partition coefficient (Wildman–Crippen LogP) is 1.57. The molecule has 2 amide bonds. The fourth-order valence-corrected chi connectivity index (χ4v) is 4.05. The molecular weight excluding hydrogens is 335 g/mol. The normalized spacial score (nSPS) is 20.8. The SMILES string of the molecule is CC(=O)NCCn1cc2c(n1)[C@H]1CN(C(=O)c3cccc(F)c3)C[C@H]1C2. The molecule has 136 valence electrons. The number of nitrogens with one attached hydrogen (secondary N) is 1. The van der Waals surface area contributed by atoms with Crippen LogP contribution in [0.15, 0.2) is 30.5 Å². The van der Waals surface area contributed by atoms with Gasteiger partial charge in [-0.05, 0) is 36.1 Å². The maximum Gasteiger partial charge on any atom is 0.253 e. The molecule has 2 aliphatic rings. The highest BCUT2D eigenvalue weighted by Gasteiger charge is 2.43. The fourth-order valence-electron chi connectivity index (χ4n) is 4.05. The number of likely N-dealkylation sites (tertiary alicyclic amines) is 1. The highest BCUT2D eigenvalue weighted by Crippen LogP contribution is 2.42. The summed E-state index contributed by atoms with van der Waals surface area (Å²) in [4.78, 5) is 25.4. The van der Waals surface area contributed by atoms with Crippen molar-refractivity contribution in [2.75, 3.05) is 19.6 Å². The topological polar surface area (TPSA) is 67.2 Å². The molecule has 4 rings (SSSR count). The standard InChI is InChI=1S/C19H21FN4O2/c1-12(25)21-5-6-24-10-15-7-14-9-23(11-17(14)18(15)22-24)19(26)13-3-2-4-16(20)8-13/h2-4,8,10,14,17H,5-7,9,11H2,1H3,(H,21,25)/t14-,17+/m1/s1. The Morgan fingerprint density at radius 1 is 1.35 bits per heavy atom. The van der Waals surface area contributed by atoms with Gasteiger partial charge in [-0.15, -0.1) is 0 Å². The first-order valence-corrected chi connectivity index (χ1v) is 8.87. The summed E-state index contributed by atoms with van der Waals surface area (Å²) in [6, 6.07) is 5.85. The van der Waals surface area contributed by atoms with Crippen molar-refractivity contribution >= 4 is 11.8 Å². The van der Waals surface area contributed by atoms with E-state index < -0.39 is 5.82 Å². The Morgan fingerprint density at radius 2 is 2.19 bits per heavy atom. The van der Waals surface area contributed by atoms with Gasteiger partial charge in [0.25, 0.3) is 5.91 Å². The molecule has 1 aromatic heterocycles. The Kier molecular flexibility index (Phi) is 4.22. The Balaban J connectivity index is 1.43. The van der Waals surface area contributed by atoms with Crippen molar-refractivity contribution in [2.45, 2.75) is 25.8 Å². The molecule has 1 N–H and O–H groups in total. The summed E-state index contributed by atoms with van der Waals surface area (Å²) < 4.78 is 15.3. The van der Waals surface area contributed by atoms with Crippen molar-refractivity contribution in [2.24, 2.45) is 5.92 Å². The molecule has 0 bridgehead atoms. The van der Waals surface area contributed by atoms with Gasteiger partial charge in [0.15, 0.2) is 0 Å². The zero-order valence-electron chi connectivity index (χ0n) is 14.6. The van der Waals surface area contributed by atoms with Crippen molar-refractivity contribution in [3.05, 3.63) is 53.1 Å². The fraction of sp³-hybridized carbons (Fsp3) is 0.421. The number of aromatic nitrogens is 2. The lowest BCUT2D eigenvalue weighted by Gasteiger charge is -2.17. The molecule has 0 saturated carbocycles. The van der Waals surface area contributed by atoms with Crippen molar-refractivity contribution in [3.63, 3.8) is 0 Å². The molecule has 1 saturated heterocycles. The zero-order valence-corrected chi connectivity index (χ0v) is 14.6. The van der Waals surface area contributed by atoms with Gasteiger partial charge in [0.1, 0.15) is 5.82 Å². The van der Waals surface area contributed by atoms with E-state index in [1.54, 1.807) is 12.1 Å². The van der Waals surface area contributed by atoms with Gasteiger partial charge in [-0.2, -0.15) is 5.10 Å². The number of carbonyl (C=O) groups is 2. The van der Waals surface area contributed by atoms with E-state index in [0.717, 1.165) is 12.1 Å². The highest BCUT2D eigenvalue weighted by molar-refractivity contribution is 5.94. The molecular formula is C19H21FN4O2. The van der Waals surface area contributed by atoms with Crippen LogP contribution in [0.5, 0.6) is 0 Å². The van der Waals surface area contributed by atoms with Crippen LogP contribution in [0.4, 0.5) is 4.39 Å². The van der Waals surface area contributed by atoms with Crippen LogP contribution >= 0.6 is 0 Å². The lowest BCUT2D eigenvalue weighted by atomic mass is 9.99. The number of hydrogen-bond acceptors (Lipinski definition) is 3. The van der Waals surface area contributed by atoms with E-state index in [1.165, 1.54) is 24.6 Å². The average molecular weight is 356 g/mol. The largest absolute Gasteiger partial charge is 0.354 e. The van der Waals surface area contributed by atoms with Crippen LogP contribution in [-0.4, -0.2) is 46.1 Å². The summed E-state index contributed by atoms with van der Waals surface area (Å²) in [5.41, 5.74) is 2.69. The van der Waals surface area contributed by atoms with E-state index in [-0.39, 0.29) is 17.7 Å². The number of fused-ring (bicyclic) bond motifs is 3. The molecule has 1 aliphatic heterocycles. The van der Waals surface area contributed by atoms with Gasteiger partial charge >= 0.3 is 0 Å². The van der Waals surface area contributed by atoms with Crippen molar-refractivity contribution in [1.82, 2.24) is 20.0 Å². The van der Waals surface area contributed by atoms with Crippen molar-refractivity contribution in [3.8, 4) is 0 Å². The minimum absolute atomic E-state index is 0.0490. The van der Waals surface area contributed by atoms with Crippen LogP contribution in [0.3, 0.4) is 0 Å². The minimum Gasteiger partial charge on any atom is -0.354 e. The second-order valence-electron chi connectivity index (χ2n) is 7.08. The Bertz CT molecular complexity index is 863. The van der Waals surface area contributed by atoms with E-state index >= 15 is 0 Å². The smallest absolute Gasteiger partial charge is 0.253 e. The number of carbonyl (C=O) groups excluding carboxylic acids is 2.